The second kappa shape index (κ2) is 11.9. The van der Waals surface area contributed by atoms with Gasteiger partial charge in [0.1, 0.15) is 24.1 Å². The summed E-state index contributed by atoms with van der Waals surface area (Å²) in [6, 6.07) is 15.9. The summed E-state index contributed by atoms with van der Waals surface area (Å²) >= 11 is 0. The summed E-state index contributed by atoms with van der Waals surface area (Å²) in [4.78, 5) is 31.1. The maximum absolute atomic E-state index is 12.6. The van der Waals surface area contributed by atoms with Gasteiger partial charge in [-0.05, 0) is 60.7 Å². The normalized spacial score (nSPS) is 15.9. The van der Waals surface area contributed by atoms with E-state index in [9.17, 15) is 14.7 Å². The van der Waals surface area contributed by atoms with Gasteiger partial charge in [0.05, 0.1) is 17.2 Å². The molecular weight excluding hydrogens is 492 g/mol. The fourth-order valence-corrected chi connectivity index (χ4v) is 4.62. The van der Waals surface area contributed by atoms with Crippen molar-refractivity contribution in [2.24, 2.45) is 7.05 Å². The average molecular weight is 527 g/mol. The van der Waals surface area contributed by atoms with Crippen LogP contribution in [-0.4, -0.2) is 58.1 Å². The first-order valence-electron chi connectivity index (χ1n) is 12.8. The molecule has 2 heterocycles. The van der Waals surface area contributed by atoms with Gasteiger partial charge in [0, 0.05) is 44.0 Å². The molecule has 9 nitrogen and oxygen atoms in total. The van der Waals surface area contributed by atoms with E-state index in [2.05, 4.69) is 49.2 Å². The Morgan fingerprint density at radius 2 is 1.64 bits per heavy atom. The third-order valence-corrected chi connectivity index (χ3v) is 6.74. The molecule has 0 aliphatic heterocycles. The molecule has 39 heavy (non-hydrogen) atoms. The fourth-order valence-electron chi connectivity index (χ4n) is 4.62. The fraction of sp³-hybridized carbons (Fsp3) is 0.267. The predicted octanol–water partition coefficient (Wildman–Crippen LogP) is 4.40. The van der Waals surface area contributed by atoms with Gasteiger partial charge in [-0.15, -0.1) is 0 Å². The van der Waals surface area contributed by atoms with Gasteiger partial charge in [0.15, 0.2) is 0 Å². The van der Waals surface area contributed by atoms with Crippen LogP contribution in [0.4, 0.5) is 11.5 Å². The van der Waals surface area contributed by atoms with E-state index in [1.807, 2.05) is 57.5 Å². The maximum Gasteiger partial charge on any atom is 0.251 e. The standard InChI is InChI=1S/C26H28N6O2.C4H6O/c1-27-18-10-8-16(9-11-18)23-21(22-24(28-2)29-14-30-25(22)32(23)3)15-4-6-17(7-5-15)26(34)31-19-12-20(33)13-19;1-4(2)3-5/h4-11,14,19-20,27,33H,12-13H2,1-3H3,(H,31,34)(H,28,29,30);3H,1H2,2H3. The van der Waals surface area contributed by atoms with Crippen LogP contribution in [-0.2, 0) is 11.8 Å². The molecule has 0 spiro atoms. The van der Waals surface area contributed by atoms with Crippen molar-refractivity contribution in [2.45, 2.75) is 31.9 Å². The maximum atomic E-state index is 12.6. The van der Waals surface area contributed by atoms with Gasteiger partial charge in [-0.3, -0.25) is 9.59 Å². The van der Waals surface area contributed by atoms with Crippen LogP contribution >= 0.6 is 0 Å². The Bertz CT molecular complexity index is 1490. The summed E-state index contributed by atoms with van der Waals surface area (Å²) in [5.41, 5.74) is 7.09. The Morgan fingerprint density at radius 3 is 2.18 bits per heavy atom. The summed E-state index contributed by atoms with van der Waals surface area (Å²) in [5, 5.41) is 19.7. The van der Waals surface area contributed by atoms with Crippen LogP contribution in [0.1, 0.15) is 30.1 Å². The van der Waals surface area contributed by atoms with E-state index < -0.39 is 0 Å². The summed E-state index contributed by atoms with van der Waals surface area (Å²) < 4.78 is 2.09. The number of rotatable bonds is 7. The van der Waals surface area contributed by atoms with Crippen molar-refractivity contribution in [1.82, 2.24) is 19.9 Å². The number of aromatic nitrogens is 3. The number of aryl methyl sites for hydroxylation is 1. The minimum absolute atomic E-state index is 0.0442. The molecule has 1 saturated carbocycles. The Kier molecular flexibility index (Phi) is 8.41. The Morgan fingerprint density at radius 1 is 1.03 bits per heavy atom. The zero-order valence-electron chi connectivity index (χ0n) is 22.7. The van der Waals surface area contributed by atoms with Crippen molar-refractivity contribution in [3.63, 3.8) is 0 Å². The predicted molar refractivity (Wildman–Crippen MR) is 156 cm³/mol. The van der Waals surface area contributed by atoms with E-state index in [-0.39, 0.29) is 18.1 Å². The molecule has 1 aliphatic carbocycles. The molecular formula is C30H34N6O3. The second-order valence-corrected chi connectivity index (χ2v) is 9.62. The number of aldehydes is 1. The van der Waals surface area contributed by atoms with Crippen molar-refractivity contribution < 1.29 is 14.7 Å². The van der Waals surface area contributed by atoms with Gasteiger partial charge >= 0.3 is 0 Å². The van der Waals surface area contributed by atoms with E-state index in [1.165, 1.54) is 0 Å². The number of allylic oxidation sites excluding steroid dienone is 1. The number of hydrogen-bond donors (Lipinski definition) is 4. The summed E-state index contributed by atoms with van der Waals surface area (Å²) in [7, 11) is 5.76. The number of nitrogens with one attached hydrogen (secondary N) is 3. The molecule has 2 aromatic carbocycles. The number of fused-ring (bicyclic) bond motifs is 1. The number of aliphatic hydroxyl groups excluding tert-OH is 1. The first-order chi connectivity index (χ1) is 18.8. The largest absolute Gasteiger partial charge is 0.393 e. The van der Waals surface area contributed by atoms with Gasteiger partial charge in [0.2, 0.25) is 0 Å². The zero-order chi connectivity index (χ0) is 28.1. The van der Waals surface area contributed by atoms with E-state index in [1.54, 1.807) is 13.3 Å². The van der Waals surface area contributed by atoms with E-state index in [0.717, 1.165) is 51.2 Å². The van der Waals surface area contributed by atoms with Crippen molar-refractivity contribution in [1.29, 1.82) is 0 Å². The third-order valence-electron chi connectivity index (χ3n) is 6.74. The highest BCUT2D eigenvalue weighted by Crippen LogP contribution is 2.42. The molecule has 0 bridgehead atoms. The van der Waals surface area contributed by atoms with E-state index in [4.69, 9.17) is 0 Å². The van der Waals surface area contributed by atoms with E-state index >= 15 is 0 Å². The van der Waals surface area contributed by atoms with Gasteiger partial charge in [-0.25, -0.2) is 9.97 Å². The number of benzene rings is 2. The van der Waals surface area contributed by atoms with Crippen molar-refractivity contribution >= 4 is 34.7 Å². The number of carbonyl (C=O) groups excluding carboxylic acids is 2. The van der Waals surface area contributed by atoms with Gasteiger partial charge in [-0.1, -0.05) is 30.8 Å². The van der Waals surface area contributed by atoms with Crippen LogP contribution in [0.15, 0.2) is 67.0 Å². The lowest BCUT2D eigenvalue weighted by atomic mass is 9.89. The van der Waals surface area contributed by atoms with Gasteiger partial charge in [0.25, 0.3) is 5.91 Å². The molecule has 0 atom stereocenters. The minimum Gasteiger partial charge on any atom is -0.393 e. The van der Waals surface area contributed by atoms with Crippen LogP contribution < -0.4 is 16.0 Å². The Hall–Kier alpha value is -4.50. The minimum atomic E-state index is -0.303. The molecule has 9 heteroatoms. The zero-order valence-corrected chi connectivity index (χ0v) is 22.7. The van der Waals surface area contributed by atoms with Crippen LogP contribution in [0.5, 0.6) is 0 Å². The van der Waals surface area contributed by atoms with E-state index in [0.29, 0.717) is 24.0 Å². The molecule has 0 saturated heterocycles. The molecule has 4 N–H and O–H groups in total. The smallest absolute Gasteiger partial charge is 0.251 e. The van der Waals surface area contributed by atoms with Crippen LogP contribution in [0.2, 0.25) is 0 Å². The number of carbonyl (C=O) groups is 2. The number of amides is 1. The van der Waals surface area contributed by atoms with Crippen molar-refractivity contribution in [3.8, 4) is 22.4 Å². The number of anilines is 2. The molecule has 1 fully saturated rings. The van der Waals surface area contributed by atoms with Gasteiger partial charge in [-0.2, -0.15) is 0 Å². The molecule has 2 aromatic heterocycles. The Labute approximate surface area is 228 Å². The number of nitrogens with zero attached hydrogens (tertiary/aromatic N) is 3. The summed E-state index contributed by atoms with van der Waals surface area (Å²) in [6.45, 7) is 4.97. The Balaban J connectivity index is 0.000000648. The second-order valence-electron chi connectivity index (χ2n) is 9.62. The number of hydrogen-bond acceptors (Lipinski definition) is 7. The first-order valence-corrected chi connectivity index (χ1v) is 12.8. The SMILES string of the molecule is C=C(C)C=O.CNc1ccc(-c2c(-c3ccc(C(=O)NC4CC(O)C4)cc3)c3c(NC)ncnc3n2C)cc1. The monoisotopic (exact) mass is 526 g/mol. The average Bonchev–Trinajstić information content (AvgIpc) is 3.24. The lowest BCUT2D eigenvalue weighted by Crippen LogP contribution is -2.46. The molecule has 4 aromatic rings. The van der Waals surface area contributed by atoms with Crippen molar-refractivity contribution in [2.75, 3.05) is 24.7 Å². The van der Waals surface area contributed by atoms with Gasteiger partial charge < -0.3 is 25.6 Å². The van der Waals surface area contributed by atoms with Crippen LogP contribution in [0.25, 0.3) is 33.4 Å². The first kappa shape index (κ1) is 27.5. The van der Waals surface area contributed by atoms with Crippen LogP contribution in [0.3, 0.4) is 0 Å². The highest BCUT2D eigenvalue weighted by Gasteiger charge is 2.29. The van der Waals surface area contributed by atoms with Crippen molar-refractivity contribution in [3.05, 3.63) is 72.6 Å². The lowest BCUT2D eigenvalue weighted by Gasteiger charge is -2.31. The summed E-state index contributed by atoms with van der Waals surface area (Å²) in [6.07, 6.45) is 3.21. The topological polar surface area (TPSA) is 121 Å². The van der Waals surface area contributed by atoms with Crippen LogP contribution in [0, 0.1) is 0 Å². The molecule has 202 valence electrons. The quantitative estimate of drug-likeness (QED) is 0.208. The highest BCUT2D eigenvalue weighted by atomic mass is 16.3. The number of aliphatic hydroxyl groups is 1. The molecule has 0 radical (unpaired) electrons. The molecule has 1 aliphatic rings. The molecule has 0 unspecified atom stereocenters. The molecule has 5 rings (SSSR count). The summed E-state index contributed by atoms with van der Waals surface area (Å²) in [5.74, 6) is 0.627. The molecule has 1 amide bonds. The lowest BCUT2D eigenvalue weighted by molar-refractivity contribution is -0.104. The highest BCUT2D eigenvalue weighted by molar-refractivity contribution is 6.08. The third kappa shape index (κ3) is 5.83.